The summed E-state index contributed by atoms with van der Waals surface area (Å²) in [6.45, 7) is 3.25. The Morgan fingerprint density at radius 2 is 1.83 bits per heavy atom. The SMILES string of the molecule is Cc1ccc(CCN(C)C2CCCCC2N)cc1. The molecule has 2 rings (SSSR count). The smallest absolute Gasteiger partial charge is 0.0244 e. The minimum Gasteiger partial charge on any atom is -0.326 e. The number of nitrogens with zero attached hydrogens (tertiary/aromatic N) is 1. The van der Waals surface area contributed by atoms with Crippen molar-refractivity contribution >= 4 is 0 Å². The summed E-state index contributed by atoms with van der Waals surface area (Å²) in [7, 11) is 2.23. The molecule has 0 radical (unpaired) electrons. The van der Waals surface area contributed by atoms with E-state index in [4.69, 9.17) is 5.73 Å². The highest BCUT2D eigenvalue weighted by Crippen LogP contribution is 2.21. The third kappa shape index (κ3) is 3.56. The van der Waals surface area contributed by atoms with Crippen LogP contribution in [0, 0.1) is 6.92 Å². The summed E-state index contributed by atoms with van der Waals surface area (Å²) in [6.07, 6.45) is 6.24. The molecule has 2 atom stereocenters. The van der Waals surface area contributed by atoms with Crippen LogP contribution in [0.5, 0.6) is 0 Å². The van der Waals surface area contributed by atoms with Gasteiger partial charge in [-0.3, -0.25) is 0 Å². The second-order valence-electron chi connectivity index (χ2n) is 5.73. The maximum absolute atomic E-state index is 6.23. The number of rotatable bonds is 4. The van der Waals surface area contributed by atoms with Gasteiger partial charge in [0.2, 0.25) is 0 Å². The molecule has 0 spiro atoms. The molecule has 100 valence electrons. The van der Waals surface area contributed by atoms with Gasteiger partial charge < -0.3 is 10.6 Å². The van der Waals surface area contributed by atoms with Gasteiger partial charge in [-0.05, 0) is 38.8 Å². The van der Waals surface area contributed by atoms with E-state index in [1.54, 1.807) is 0 Å². The van der Waals surface area contributed by atoms with Gasteiger partial charge in [-0.15, -0.1) is 0 Å². The highest BCUT2D eigenvalue weighted by molar-refractivity contribution is 5.21. The van der Waals surface area contributed by atoms with Gasteiger partial charge in [-0.25, -0.2) is 0 Å². The summed E-state index contributed by atoms with van der Waals surface area (Å²) in [5.74, 6) is 0. The molecule has 0 bridgehead atoms. The molecule has 2 nitrogen and oxygen atoms in total. The van der Waals surface area contributed by atoms with Crippen molar-refractivity contribution in [1.29, 1.82) is 0 Å². The lowest BCUT2D eigenvalue weighted by molar-refractivity contribution is 0.171. The zero-order valence-electron chi connectivity index (χ0n) is 11.7. The molecule has 1 aliphatic carbocycles. The van der Waals surface area contributed by atoms with Crippen LogP contribution in [-0.2, 0) is 6.42 Å². The molecule has 2 heteroatoms. The first-order valence-corrected chi connectivity index (χ1v) is 7.18. The molecule has 0 heterocycles. The molecule has 1 fully saturated rings. The summed E-state index contributed by atoms with van der Waals surface area (Å²) in [5, 5.41) is 0. The van der Waals surface area contributed by atoms with Crippen molar-refractivity contribution in [2.75, 3.05) is 13.6 Å². The van der Waals surface area contributed by atoms with Crippen LogP contribution in [0.2, 0.25) is 0 Å². The van der Waals surface area contributed by atoms with Crippen molar-refractivity contribution < 1.29 is 0 Å². The second-order valence-corrected chi connectivity index (χ2v) is 5.73. The first kappa shape index (κ1) is 13.6. The summed E-state index contributed by atoms with van der Waals surface area (Å²) in [5.41, 5.74) is 8.99. The van der Waals surface area contributed by atoms with E-state index < -0.39 is 0 Å². The Morgan fingerprint density at radius 1 is 1.17 bits per heavy atom. The van der Waals surface area contributed by atoms with Gasteiger partial charge >= 0.3 is 0 Å². The summed E-state index contributed by atoms with van der Waals surface area (Å²) in [6, 6.07) is 9.84. The van der Waals surface area contributed by atoms with Crippen molar-refractivity contribution in [3.05, 3.63) is 35.4 Å². The molecule has 1 aliphatic rings. The Balaban J connectivity index is 1.83. The molecule has 18 heavy (non-hydrogen) atoms. The summed E-state index contributed by atoms with van der Waals surface area (Å²) < 4.78 is 0. The largest absolute Gasteiger partial charge is 0.326 e. The predicted octanol–water partition coefficient (Wildman–Crippen LogP) is 2.74. The van der Waals surface area contributed by atoms with E-state index in [2.05, 4.69) is 43.1 Å². The average Bonchev–Trinajstić information content (AvgIpc) is 2.38. The van der Waals surface area contributed by atoms with Crippen molar-refractivity contribution in [3.63, 3.8) is 0 Å². The molecule has 0 aromatic heterocycles. The third-order valence-corrected chi connectivity index (χ3v) is 4.22. The van der Waals surface area contributed by atoms with E-state index in [-0.39, 0.29) is 0 Å². The normalized spacial score (nSPS) is 24.4. The fourth-order valence-corrected chi connectivity index (χ4v) is 2.91. The molecule has 1 saturated carbocycles. The summed E-state index contributed by atoms with van der Waals surface area (Å²) >= 11 is 0. The fourth-order valence-electron chi connectivity index (χ4n) is 2.91. The zero-order chi connectivity index (χ0) is 13.0. The molecule has 2 N–H and O–H groups in total. The number of aryl methyl sites for hydroxylation is 1. The Labute approximate surface area is 111 Å². The molecular weight excluding hydrogens is 220 g/mol. The van der Waals surface area contributed by atoms with Gasteiger partial charge in [-0.1, -0.05) is 42.7 Å². The van der Waals surface area contributed by atoms with Crippen LogP contribution in [0.25, 0.3) is 0 Å². The molecule has 0 amide bonds. The Kier molecular flexibility index (Phi) is 4.79. The van der Waals surface area contributed by atoms with Crippen LogP contribution in [0.15, 0.2) is 24.3 Å². The lowest BCUT2D eigenvalue weighted by Gasteiger charge is -2.36. The number of benzene rings is 1. The molecular formula is C16H26N2. The number of nitrogens with two attached hydrogens (primary N) is 1. The highest BCUT2D eigenvalue weighted by Gasteiger charge is 2.24. The van der Waals surface area contributed by atoms with Crippen LogP contribution >= 0.6 is 0 Å². The zero-order valence-corrected chi connectivity index (χ0v) is 11.7. The van der Waals surface area contributed by atoms with Gasteiger partial charge in [0, 0.05) is 18.6 Å². The van der Waals surface area contributed by atoms with Crippen molar-refractivity contribution in [2.45, 2.75) is 51.1 Å². The van der Waals surface area contributed by atoms with Gasteiger partial charge in [0.1, 0.15) is 0 Å². The minimum atomic E-state index is 0.377. The Bertz CT molecular complexity index is 358. The molecule has 0 aliphatic heterocycles. The van der Waals surface area contributed by atoms with E-state index in [0.717, 1.165) is 13.0 Å². The first-order valence-electron chi connectivity index (χ1n) is 7.18. The van der Waals surface area contributed by atoms with Crippen LogP contribution in [0.3, 0.4) is 0 Å². The fraction of sp³-hybridized carbons (Fsp3) is 0.625. The van der Waals surface area contributed by atoms with Crippen molar-refractivity contribution in [1.82, 2.24) is 4.90 Å². The van der Waals surface area contributed by atoms with Crippen molar-refractivity contribution in [3.8, 4) is 0 Å². The van der Waals surface area contributed by atoms with E-state index in [1.165, 1.54) is 36.8 Å². The first-order chi connectivity index (χ1) is 8.66. The maximum atomic E-state index is 6.23. The molecule has 1 aromatic carbocycles. The molecule has 0 saturated heterocycles. The summed E-state index contributed by atoms with van der Waals surface area (Å²) in [4.78, 5) is 2.46. The van der Waals surface area contributed by atoms with Crippen LogP contribution in [-0.4, -0.2) is 30.6 Å². The number of likely N-dealkylation sites (N-methyl/N-ethyl adjacent to an activating group) is 1. The van der Waals surface area contributed by atoms with E-state index in [9.17, 15) is 0 Å². The van der Waals surface area contributed by atoms with E-state index in [1.807, 2.05) is 0 Å². The Hall–Kier alpha value is -0.860. The third-order valence-electron chi connectivity index (χ3n) is 4.22. The van der Waals surface area contributed by atoms with Crippen molar-refractivity contribution in [2.24, 2.45) is 5.73 Å². The lowest BCUT2D eigenvalue weighted by Crippen LogP contribution is -2.48. The maximum Gasteiger partial charge on any atom is 0.0244 e. The van der Waals surface area contributed by atoms with Crippen LogP contribution in [0.4, 0.5) is 0 Å². The van der Waals surface area contributed by atoms with Crippen LogP contribution < -0.4 is 5.73 Å². The Morgan fingerprint density at radius 3 is 2.50 bits per heavy atom. The van der Waals surface area contributed by atoms with Crippen LogP contribution in [0.1, 0.15) is 36.8 Å². The van der Waals surface area contributed by atoms with Gasteiger partial charge in [-0.2, -0.15) is 0 Å². The molecule has 2 unspecified atom stereocenters. The number of hydrogen-bond donors (Lipinski definition) is 1. The van der Waals surface area contributed by atoms with Gasteiger partial charge in [0.25, 0.3) is 0 Å². The highest BCUT2D eigenvalue weighted by atomic mass is 15.1. The minimum absolute atomic E-state index is 0.377. The lowest BCUT2D eigenvalue weighted by atomic mass is 9.90. The van der Waals surface area contributed by atoms with E-state index in [0.29, 0.717) is 12.1 Å². The topological polar surface area (TPSA) is 29.3 Å². The predicted molar refractivity (Wildman–Crippen MR) is 77.7 cm³/mol. The van der Waals surface area contributed by atoms with E-state index >= 15 is 0 Å². The van der Waals surface area contributed by atoms with Gasteiger partial charge in [0.05, 0.1) is 0 Å². The number of hydrogen-bond acceptors (Lipinski definition) is 2. The average molecular weight is 246 g/mol. The second kappa shape index (κ2) is 6.35. The standard InChI is InChI=1S/C16H26N2/c1-13-7-9-14(10-8-13)11-12-18(2)16-6-4-3-5-15(16)17/h7-10,15-16H,3-6,11-12,17H2,1-2H3. The van der Waals surface area contributed by atoms with Gasteiger partial charge in [0.15, 0.2) is 0 Å². The monoisotopic (exact) mass is 246 g/mol. The quantitative estimate of drug-likeness (QED) is 0.885. The molecule has 1 aromatic rings.